The Hall–Kier alpha value is -1.47. The fraction of sp³-hybridized carbons (Fsp3) is 0.333. The van der Waals surface area contributed by atoms with Crippen LogP contribution in [0.25, 0.3) is 0 Å². The van der Waals surface area contributed by atoms with Crippen LogP contribution in [0, 0.1) is 32.2 Å². The number of hydrogen-bond donors (Lipinski definition) is 1. The van der Waals surface area contributed by atoms with E-state index < -0.39 is 0 Å². The van der Waals surface area contributed by atoms with E-state index in [0.29, 0.717) is 5.17 Å². The van der Waals surface area contributed by atoms with Gasteiger partial charge in [-0.25, -0.2) is 0 Å². The number of thioether (sulfide) groups is 1. The van der Waals surface area contributed by atoms with Gasteiger partial charge in [0.2, 0.25) is 6.19 Å². The second-order valence-electron chi connectivity index (χ2n) is 3.58. The topological polar surface area (TPSA) is 48.2 Å². The predicted molar refractivity (Wildman–Crippen MR) is 70.8 cm³/mol. The molecule has 4 heteroatoms. The Balaban J connectivity index is 2.99. The van der Waals surface area contributed by atoms with Crippen molar-refractivity contribution >= 4 is 22.6 Å². The minimum Gasteiger partial charge on any atom is -0.334 e. The molecule has 0 atom stereocenters. The van der Waals surface area contributed by atoms with E-state index in [1.165, 1.54) is 28.5 Å². The molecule has 0 saturated heterocycles. The Morgan fingerprint density at radius 3 is 2.31 bits per heavy atom. The number of hydrogen-bond acceptors (Lipinski definition) is 3. The van der Waals surface area contributed by atoms with Gasteiger partial charge < -0.3 is 5.32 Å². The number of benzene rings is 1. The fourth-order valence-corrected chi connectivity index (χ4v) is 1.75. The quantitative estimate of drug-likeness (QED) is 0.460. The molecule has 0 saturated carbocycles. The maximum absolute atomic E-state index is 8.51. The van der Waals surface area contributed by atoms with Gasteiger partial charge >= 0.3 is 0 Å². The highest BCUT2D eigenvalue weighted by atomic mass is 32.2. The lowest BCUT2D eigenvalue weighted by Crippen LogP contribution is -2.07. The summed E-state index contributed by atoms with van der Waals surface area (Å²) in [6.45, 7) is 6.26. The van der Waals surface area contributed by atoms with E-state index in [0.717, 1.165) is 5.69 Å². The zero-order chi connectivity index (χ0) is 12.1. The van der Waals surface area contributed by atoms with Gasteiger partial charge in [-0.1, -0.05) is 11.8 Å². The molecule has 1 rings (SSSR count). The van der Waals surface area contributed by atoms with Crippen LogP contribution in [0.3, 0.4) is 0 Å². The average molecular weight is 233 g/mol. The molecule has 3 nitrogen and oxygen atoms in total. The van der Waals surface area contributed by atoms with Crippen LogP contribution in [0.4, 0.5) is 5.69 Å². The van der Waals surface area contributed by atoms with Crippen LogP contribution in [0.2, 0.25) is 0 Å². The molecule has 1 N–H and O–H groups in total. The van der Waals surface area contributed by atoms with Crippen LogP contribution < -0.4 is 5.32 Å². The summed E-state index contributed by atoms with van der Waals surface area (Å²) < 4.78 is 0. The van der Waals surface area contributed by atoms with E-state index in [1.54, 1.807) is 6.19 Å². The summed E-state index contributed by atoms with van der Waals surface area (Å²) in [4.78, 5) is 3.69. The third kappa shape index (κ3) is 3.01. The Morgan fingerprint density at radius 2 is 1.88 bits per heavy atom. The van der Waals surface area contributed by atoms with Crippen molar-refractivity contribution in [3.05, 3.63) is 28.8 Å². The maximum Gasteiger partial charge on any atom is 0.208 e. The van der Waals surface area contributed by atoms with Crippen LogP contribution >= 0.6 is 11.8 Å². The fourth-order valence-electron chi connectivity index (χ4n) is 1.40. The molecule has 0 heterocycles. The standard InChI is InChI=1S/C12H15N3S/c1-8-5-11(6-9(2)10(8)3)15-12(16-4)14-7-13/h5-6H,1-4H3,(H,14,15). The van der Waals surface area contributed by atoms with E-state index in [2.05, 4.69) is 43.2 Å². The minimum atomic E-state index is 0.616. The zero-order valence-corrected chi connectivity index (χ0v) is 10.8. The summed E-state index contributed by atoms with van der Waals surface area (Å²) in [5, 5.41) is 12.3. The minimum absolute atomic E-state index is 0.616. The molecule has 0 fully saturated rings. The third-order valence-corrected chi connectivity index (χ3v) is 3.10. The average Bonchev–Trinajstić information content (AvgIpc) is 2.25. The highest BCUT2D eigenvalue weighted by Gasteiger charge is 2.03. The van der Waals surface area contributed by atoms with Gasteiger partial charge in [0.05, 0.1) is 0 Å². The molecule has 0 aliphatic carbocycles. The van der Waals surface area contributed by atoms with Crippen LogP contribution in [0.1, 0.15) is 16.7 Å². The molecular weight excluding hydrogens is 218 g/mol. The SMILES string of the molecule is CS/C(=N\C#N)Nc1cc(C)c(C)c(C)c1. The van der Waals surface area contributed by atoms with Gasteiger partial charge in [-0.15, -0.1) is 4.99 Å². The number of anilines is 1. The van der Waals surface area contributed by atoms with Gasteiger partial charge in [-0.05, 0) is 55.9 Å². The number of aryl methyl sites for hydroxylation is 2. The molecule has 0 bridgehead atoms. The second kappa shape index (κ2) is 5.57. The number of nitrogens with zero attached hydrogens (tertiary/aromatic N) is 2. The van der Waals surface area contributed by atoms with Crippen LogP contribution in [-0.4, -0.2) is 11.4 Å². The Morgan fingerprint density at radius 1 is 1.31 bits per heavy atom. The molecule has 16 heavy (non-hydrogen) atoms. The first-order chi connectivity index (χ1) is 7.58. The Kier molecular flexibility index (Phi) is 4.39. The summed E-state index contributed by atoms with van der Waals surface area (Å²) in [6.07, 6.45) is 3.67. The lowest BCUT2D eigenvalue weighted by molar-refractivity contribution is 1.27. The first kappa shape index (κ1) is 12.6. The van der Waals surface area contributed by atoms with Gasteiger partial charge in [0.15, 0.2) is 5.17 Å². The molecule has 84 valence electrons. The van der Waals surface area contributed by atoms with Crippen molar-refractivity contribution in [1.29, 1.82) is 5.26 Å². The largest absolute Gasteiger partial charge is 0.334 e. The molecular formula is C12H15N3S. The lowest BCUT2D eigenvalue weighted by atomic mass is 10.0. The van der Waals surface area contributed by atoms with E-state index in [4.69, 9.17) is 5.26 Å². The summed E-state index contributed by atoms with van der Waals surface area (Å²) in [6, 6.07) is 4.12. The van der Waals surface area contributed by atoms with E-state index in [9.17, 15) is 0 Å². The summed E-state index contributed by atoms with van der Waals surface area (Å²) in [5.74, 6) is 0. The van der Waals surface area contributed by atoms with Crippen LogP contribution in [0.15, 0.2) is 17.1 Å². The second-order valence-corrected chi connectivity index (χ2v) is 4.38. The number of rotatable bonds is 1. The highest BCUT2D eigenvalue weighted by Crippen LogP contribution is 2.20. The van der Waals surface area contributed by atoms with Crippen LogP contribution in [-0.2, 0) is 0 Å². The molecule has 1 aromatic rings. The maximum atomic E-state index is 8.51. The lowest BCUT2D eigenvalue weighted by Gasteiger charge is -2.11. The molecule has 0 aromatic heterocycles. The van der Waals surface area contributed by atoms with Gasteiger partial charge in [-0.3, -0.25) is 0 Å². The van der Waals surface area contributed by atoms with Crippen molar-refractivity contribution in [1.82, 2.24) is 0 Å². The summed E-state index contributed by atoms with van der Waals surface area (Å²) in [7, 11) is 0. The smallest absolute Gasteiger partial charge is 0.208 e. The summed E-state index contributed by atoms with van der Waals surface area (Å²) in [5.41, 5.74) is 4.75. The molecule has 0 amide bonds. The Bertz CT molecular complexity index is 435. The van der Waals surface area contributed by atoms with Gasteiger partial charge in [-0.2, -0.15) is 5.26 Å². The zero-order valence-electron chi connectivity index (χ0n) is 9.96. The van der Waals surface area contributed by atoms with E-state index >= 15 is 0 Å². The first-order valence-corrected chi connectivity index (χ1v) is 6.16. The van der Waals surface area contributed by atoms with E-state index in [-0.39, 0.29) is 0 Å². The number of aliphatic imine (C=N–C) groups is 1. The number of nitriles is 1. The van der Waals surface area contributed by atoms with Crippen molar-refractivity contribution in [2.75, 3.05) is 11.6 Å². The first-order valence-electron chi connectivity index (χ1n) is 4.94. The van der Waals surface area contributed by atoms with Gasteiger partial charge in [0, 0.05) is 5.69 Å². The molecule has 0 radical (unpaired) electrons. The summed E-state index contributed by atoms with van der Waals surface area (Å²) >= 11 is 1.42. The molecule has 1 aromatic carbocycles. The molecule has 0 aliphatic heterocycles. The van der Waals surface area contributed by atoms with E-state index in [1.807, 2.05) is 6.26 Å². The predicted octanol–water partition coefficient (Wildman–Crippen LogP) is 3.22. The third-order valence-electron chi connectivity index (χ3n) is 2.52. The van der Waals surface area contributed by atoms with Gasteiger partial charge in [0.1, 0.15) is 0 Å². The highest BCUT2D eigenvalue weighted by molar-refractivity contribution is 8.13. The molecule has 0 spiro atoms. The van der Waals surface area contributed by atoms with Crippen molar-refractivity contribution in [2.45, 2.75) is 20.8 Å². The van der Waals surface area contributed by atoms with Crippen molar-refractivity contribution in [3.8, 4) is 6.19 Å². The monoisotopic (exact) mass is 233 g/mol. The number of amidine groups is 1. The van der Waals surface area contributed by atoms with Gasteiger partial charge in [0.25, 0.3) is 0 Å². The van der Waals surface area contributed by atoms with Crippen molar-refractivity contribution in [2.24, 2.45) is 4.99 Å². The molecule has 0 unspecified atom stereocenters. The normalized spacial score (nSPS) is 11.1. The van der Waals surface area contributed by atoms with Crippen molar-refractivity contribution in [3.63, 3.8) is 0 Å². The Labute approximate surface area is 101 Å². The van der Waals surface area contributed by atoms with Crippen LogP contribution in [0.5, 0.6) is 0 Å². The molecule has 0 aliphatic rings. The van der Waals surface area contributed by atoms with Crippen molar-refractivity contribution < 1.29 is 0 Å². The number of nitrogens with one attached hydrogen (secondary N) is 1.